The lowest BCUT2D eigenvalue weighted by Crippen LogP contribution is -2.47. The summed E-state index contributed by atoms with van der Waals surface area (Å²) in [6.07, 6.45) is 4.57. The predicted octanol–water partition coefficient (Wildman–Crippen LogP) is 3.33. The third kappa shape index (κ3) is 7.37. The van der Waals surface area contributed by atoms with Crippen molar-refractivity contribution in [1.82, 2.24) is 15.1 Å². The van der Waals surface area contributed by atoms with Crippen LogP contribution < -0.4 is 5.32 Å². The zero-order valence-corrected chi connectivity index (χ0v) is 19.6. The van der Waals surface area contributed by atoms with Crippen LogP contribution in [0.1, 0.15) is 25.3 Å². The zero-order chi connectivity index (χ0) is 18.9. The second-order valence-electron chi connectivity index (χ2n) is 7.65. The minimum Gasteiger partial charge on any atom is -0.379 e. The molecule has 5 nitrogen and oxygen atoms in total. The van der Waals surface area contributed by atoms with Crippen molar-refractivity contribution in [3.63, 3.8) is 0 Å². The van der Waals surface area contributed by atoms with Crippen molar-refractivity contribution in [2.75, 3.05) is 59.5 Å². The Morgan fingerprint density at radius 2 is 1.82 bits per heavy atom. The fourth-order valence-electron chi connectivity index (χ4n) is 3.82. The fourth-order valence-corrected chi connectivity index (χ4v) is 3.82. The van der Waals surface area contributed by atoms with E-state index in [0.29, 0.717) is 5.92 Å². The molecule has 3 rings (SSSR count). The molecule has 0 radical (unpaired) electrons. The minimum absolute atomic E-state index is 0. The Kier molecular flexibility index (Phi) is 10.3. The van der Waals surface area contributed by atoms with Gasteiger partial charge in [-0.25, -0.2) is 0 Å². The molecule has 0 amide bonds. The van der Waals surface area contributed by atoms with E-state index in [2.05, 4.69) is 63.4 Å². The Labute approximate surface area is 187 Å². The molecule has 6 heteroatoms. The third-order valence-electron chi connectivity index (χ3n) is 5.37. The average molecular weight is 498 g/mol. The van der Waals surface area contributed by atoms with Crippen LogP contribution in [-0.2, 0) is 4.74 Å². The summed E-state index contributed by atoms with van der Waals surface area (Å²) in [4.78, 5) is 9.41. The number of guanidine groups is 1. The Balaban J connectivity index is 0.00000280. The number of likely N-dealkylation sites (tertiary alicyclic amines) is 1. The van der Waals surface area contributed by atoms with Gasteiger partial charge in [-0.3, -0.25) is 9.89 Å². The van der Waals surface area contributed by atoms with E-state index in [-0.39, 0.29) is 24.0 Å². The number of benzene rings is 1. The van der Waals surface area contributed by atoms with E-state index >= 15 is 0 Å². The predicted molar refractivity (Wildman–Crippen MR) is 128 cm³/mol. The van der Waals surface area contributed by atoms with Crippen LogP contribution in [0.5, 0.6) is 0 Å². The second kappa shape index (κ2) is 12.4. The molecule has 0 saturated carbocycles. The van der Waals surface area contributed by atoms with Crippen LogP contribution in [0.25, 0.3) is 6.08 Å². The Morgan fingerprint density at radius 1 is 1.14 bits per heavy atom. The van der Waals surface area contributed by atoms with Crippen molar-refractivity contribution >= 4 is 36.0 Å². The summed E-state index contributed by atoms with van der Waals surface area (Å²) in [6.45, 7) is 10.3. The molecule has 0 spiro atoms. The summed E-state index contributed by atoms with van der Waals surface area (Å²) >= 11 is 0. The number of aliphatic imine (C=N–C) groups is 1. The number of halogens is 1. The smallest absolute Gasteiger partial charge is 0.193 e. The first-order valence-electron chi connectivity index (χ1n) is 10.2. The van der Waals surface area contributed by atoms with Gasteiger partial charge in [0.25, 0.3) is 0 Å². The van der Waals surface area contributed by atoms with Gasteiger partial charge in [-0.05, 0) is 24.3 Å². The van der Waals surface area contributed by atoms with E-state index in [1.807, 2.05) is 7.05 Å². The van der Waals surface area contributed by atoms with Crippen LogP contribution in [0.2, 0.25) is 0 Å². The van der Waals surface area contributed by atoms with Crippen LogP contribution in [-0.4, -0.2) is 75.3 Å². The van der Waals surface area contributed by atoms with Gasteiger partial charge in [-0.1, -0.05) is 48.9 Å². The molecule has 0 aliphatic carbocycles. The number of hydrogen-bond donors (Lipinski definition) is 1. The quantitative estimate of drug-likeness (QED) is 0.384. The number of rotatable bonds is 5. The van der Waals surface area contributed by atoms with Gasteiger partial charge < -0.3 is 15.0 Å². The lowest BCUT2D eigenvalue weighted by molar-refractivity contribution is 0.0320. The van der Waals surface area contributed by atoms with Crippen LogP contribution in [0.3, 0.4) is 0 Å². The monoisotopic (exact) mass is 498 g/mol. The molecule has 1 aromatic rings. The van der Waals surface area contributed by atoms with Crippen LogP contribution in [0.4, 0.5) is 0 Å². The molecule has 1 atom stereocenters. The molecule has 2 aliphatic rings. The van der Waals surface area contributed by atoms with E-state index in [4.69, 9.17) is 4.74 Å². The highest BCUT2D eigenvalue weighted by Gasteiger charge is 2.19. The number of ether oxygens (including phenoxy) is 1. The van der Waals surface area contributed by atoms with Crippen LogP contribution >= 0.6 is 24.0 Å². The SMILES string of the molecule is CN=C(NCC(C)CN1CCOCC1)N1CCC(=Cc2ccccc2)CC1.I. The van der Waals surface area contributed by atoms with Gasteiger partial charge in [0.05, 0.1) is 13.2 Å². The highest BCUT2D eigenvalue weighted by molar-refractivity contribution is 14.0. The Bertz CT molecular complexity index is 619. The lowest BCUT2D eigenvalue weighted by Gasteiger charge is -2.33. The molecule has 1 aromatic carbocycles. The maximum atomic E-state index is 5.43. The topological polar surface area (TPSA) is 40.1 Å². The average Bonchev–Trinajstić information content (AvgIpc) is 2.71. The molecule has 0 bridgehead atoms. The van der Waals surface area contributed by atoms with Gasteiger partial charge in [0.1, 0.15) is 0 Å². The first-order chi connectivity index (χ1) is 13.2. The summed E-state index contributed by atoms with van der Waals surface area (Å²) in [5, 5.41) is 3.59. The van der Waals surface area contributed by atoms with Crippen LogP contribution in [0.15, 0.2) is 40.9 Å². The molecule has 28 heavy (non-hydrogen) atoms. The number of nitrogens with zero attached hydrogens (tertiary/aromatic N) is 3. The summed E-state index contributed by atoms with van der Waals surface area (Å²) in [6, 6.07) is 10.6. The number of piperidine rings is 1. The van der Waals surface area contributed by atoms with Crippen molar-refractivity contribution in [3.05, 3.63) is 41.5 Å². The van der Waals surface area contributed by atoms with Crippen molar-refractivity contribution in [2.45, 2.75) is 19.8 Å². The molecule has 2 fully saturated rings. The molecule has 1 N–H and O–H groups in total. The van der Waals surface area contributed by atoms with Gasteiger partial charge in [0, 0.05) is 46.3 Å². The fraction of sp³-hybridized carbons (Fsp3) is 0.591. The summed E-state index contributed by atoms with van der Waals surface area (Å²) in [5.41, 5.74) is 2.84. The second-order valence-corrected chi connectivity index (χ2v) is 7.65. The van der Waals surface area contributed by atoms with E-state index in [1.54, 1.807) is 0 Å². The molecule has 0 aromatic heterocycles. The Morgan fingerprint density at radius 3 is 2.46 bits per heavy atom. The first-order valence-corrected chi connectivity index (χ1v) is 10.2. The highest BCUT2D eigenvalue weighted by Crippen LogP contribution is 2.19. The van der Waals surface area contributed by atoms with E-state index in [1.165, 1.54) is 11.1 Å². The number of nitrogens with one attached hydrogen (secondary N) is 1. The summed E-state index contributed by atoms with van der Waals surface area (Å²) < 4.78 is 5.43. The summed E-state index contributed by atoms with van der Waals surface area (Å²) in [5.74, 6) is 1.64. The van der Waals surface area contributed by atoms with Gasteiger partial charge in [0.2, 0.25) is 0 Å². The van der Waals surface area contributed by atoms with Gasteiger partial charge in [-0.2, -0.15) is 0 Å². The molecular formula is C22H35IN4O. The molecule has 2 saturated heterocycles. The highest BCUT2D eigenvalue weighted by atomic mass is 127. The third-order valence-corrected chi connectivity index (χ3v) is 5.37. The van der Waals surface area contributed by atoms with Gasteiger partial charge >= 0.3 is 0 Å². The number of morpholine rings is 1. The normalized spacial score (nSPS) is 19.7. The van der Waals surface area contributed by atoms with Crippen LogP contribution in [0, 0.1) is 5.92 Å². The van der Waals surface area contributed by atoms with Crippen molar-refractivity contribution < 1.29 is 4.74 Å². The first kappa shape index (κ1) is 23.2. The molecule has 1 unspecified atom stereocenters. The summed E-state index contributed by atoms with van der Waals surface area (Å²) in [7, 11) is 1.89. The minimum atomic E-state index is 0. The lowest BCUT2D eigenvalue weighted by atomic mass is 10.0. The standard InChI is InChI=1S/C22H34N4O.HI/c1-19(18-25-12-14-27-15-13-25)17-24-22(23-2)26-10-8-21(9-11-26)16-20-6-4-3-5-7-20;/h3-7,16,19H,8-15,17-18H2,1-2H3,(H,23,24);1H. The van der Waals surface area contributed by atoms with Crippen molar-refractivity contribution in [2.24, 2.45) is 10.9 Å². The largest absolute Gasteiger partial charge is 0.379 e. The molecular weight excluding hydrogens is 463 g/mol. The van der Waals surface area contributed by atoms with Crippen molar-refractivity contribution in [3.8, 4) is 0 Å². The molecule has 2 aliphatic heterocycles. The van der Waals surface area contributed by atoms with Gasteiger partial charge in [-0.15, -0.1) is 24.0 Å². The van der Waals surface area contributed by atoms with Gasteiger partial charge in [0.15, 0.2) is 5.96 Å². The molecule has 2 heterocycles. The van der Waals surface area contributed by atoms with E-state index in [0.717, 1.165) is 71.3 Å². The molecule has 156 valence electrons. The Hall–Kier alpha value is -1.12. The van der Waals surface area contributed by atoms with Crippen molar-refractivity contribution in [1.29, 1.82) is 0 Å². The maximum Gasteiger partial charge on any atom is 0.193 e. The maximum absolute atomic E-state index is 5.43. The van der Waals surface area contributed by atoms with E-state index in [9.17, 15) is 0 Å². The zero-order valence-electron chi connectivity index (χ0n) is 17.3. The van der Waals surface area contributed by atoms with E-state index < -0.39 is 0 Å². The number of hydrogen-bond acceptors (Lipinski definition) is 3.